The number of carbonyl (C=O) groups excluding carboxylic acids is 3. The topological polar surface area (TPSA) is 115 Å². The highest BCUT2D eigenvalue weighted by molar-refractivity contribution is 6.33. The van der Waals surface area contributed by atoms with Crippen molar-refractivity contribution in [3.63, 3.8) is 0 Å². The summed E-state index contributed by atoms with van der Waals surface area (Å²) < 4.78 is 19.5. The SMILES string of the molecule is CCOC(=O)c1cnc2c(C(=O)N[C@H]3CC[C@H](C(=O)Nc4ccc(F)cc4Cl)CC3)cnn2c1. The zero-order chi connectivity index (χ0) is 24.2. The van der Waals surface area contributed by atoms with Gasteiger partial charge in [-0.3, -0.25) is 9.59 Å². The van der Waals surface area contributed by atoms with Gasteiger partial charge in [0.2, 0.25) is 5.91 Å². The number of halogens is 2. The maximum absolute atomic E-state index is 13.2. The quantitative estimate of drug-likeness (QED) is 0.513. The summed E-state index contributed by atoms with van der Waals surface area (Å²) in [6.07, 6.45) is 6.65. The fourth-order valence-corrected chi connectivity index (χ4v) is 4.16. The van der Waals surface area contributed by atoms with Crippen LogP contribution >= 0.6 is 11.6 Å². The van der Waals surface area contributed by atoms with Crippen LogP contribution in [0.3, 0.4) is 0 Å². The van der Waals surface area contributed by atoms with Crippen molar-refractivity contribution in [2.45, 2.75) is 38.6 Å². The maximum Gasteiger partial charge on any atom is 0.341 e. The van der Waals surface area contributed by atoms with Crippen molar-refractivity contribution >= 4 is 40.7 Å². The molecule has 3 aromatic rings. The summed E-state index contributed by atoms with van der Waals surface area (Å²) in [5.74, 6) is -1.71. The molecule has 4 rings (SSSR count). The molecule has 1 aliphatic carbocycles. The molecule has 9 nitrogen and oxygen atoms in total. The van der Waals surface area contributed by atoms with E-state index >= 15 is 0 Å². The van der Waals surface area contributed by atoms with Crippen molar-refractivity contribution in [2.24, 2.45) is 5.92 Å². The second-order valence-corrected chi connectivity index (χ2v) is 8.43. The number of anilines is 1. The molecule has 34 heavy (non-hydrogen) atoms. The van der Waals surface area contributed by atoms with Gasteiger partial charge in [0.1, 0.15) is 11.4 Å². The van der Waals surface area contributed by atoms with Gasteiger partial charge in [0.05, 0.1) is 29.1 Å². The number of benzene rings is 1. The van der Waals surface area contributed by atoms with Crippen LogP contribution in [0.25, 0.3) is 5.65 Å². The Morgan fingerprint density at radius 2 is 1.97 bits per heavy atom. The van der Waals surface area contributed by atoms with E-state index in [1.54, 1.807) is 6.92 Å². The van der Waals surface area contributed by atoms with Gasteiger partial charge in [0.25, 0.3) is 5.91 Å². The molecule has 0 atom stereocenters. The molecule has 1 fully saturated rings. The maximum atomic E-state index is 13.2. The highest BCUT2D eigenvalue weighted by atomic mass is 35.5. The number of ether oxygens (including phenoxy) is 1. The number of hydrogen-bond donors (Lipinski definition) is 2. The Bertz CT molecular complexity index is 1240. The van der Waals surface area contributed by atoms with Crippen molar-refractivity contribution in [2.75, 3.05) is 11.9 Å². The Labute approximate surface area is 199 Å². The predicted molar refractivity (Wildman–Crippen MR) is 122 cm³/mol. The third-order valence-electron chi connectivity index (χ3n) is 5.73. The van der Waals surface area contributed by atoms with Gasteiger partial charge < -0.3 is 15.4 Å². The number of fused-ring (bicyclic) bond motifs is 1. The predicted octanol–water partition coefficient (Wildman–Crippen LogP) is 3.63. The second kappa shape index (κ2) is 10.2. The minimum absolute atomic E-state index is 0.0975. The monoisotopic (exact) mass is 487 g/mol. The summed E-state index contributed by atoms with van der Waals surface area (Å²) in [7, 11) is 0. The minimum Gasteiger partial charge on any atom is -0.462 e. The van der Waals surface area contributed by atoms with E-state index < -0.39 is 11.8 Å². The summed E-state index contributed by atoms with van der Waals surface area (Å²) >= 11 is 5.98. The van der Waals surface area contributed by atoms with Crippen LogP contribution in [0.5, 0.6) is 0 Å². The molecule has 0 spiro atoms. The molecule has 1 aromatic carbocycles. The molecule has 1 saturated carbocycles. The second-order valence-electron chi connectivity index (χ2n) is 8.02. The number of carbonyl (C=O) groups is 3. The molecule has 2 N–H and O–H groups in total. The van der Waals surface area contributed by atoms with E-state index in [1.807, 2.05) is 0 Å². The fraction of sp³-hybridized carbons (Fsp3) is 0.348. The summed E-state index contributed by atoms with van der Waals surface area (Å²) in [6, 6.07) is 3.72. The van der Waals surface area contributed by atoms with E-state index in [4.69, 9.17) is 16.3 Å². The van der Waals surface area contributed by atoms with Crippen LogP contribution in [0, 0.1) is 11.7 Å². The lowest BCUT2D eigenvalue weighted by Crippen LogP contribution is -2.39. The number of rotatable bonds is 6. The lowest BCUT2D eigenvalue weighted by atomic mass is 9.85. The largest absolute Gasteiger partial charge is 0.462 e. The molecule has 0 radical (unpaired) electrons. The third-order valence-corrected chi connectivity index (χ3v) is 6.05. The first kappa shape index (κ1) is 23.6. The molecule has 0 unspecified atom stereocenters. The fourth-order valence-electron chi connectivity index (χ4n) is 3.94. The van der Waals surface area contributed by atoms with Gasteiger partial charge in [-0.25, -0.2) is 18.7 Å². The van der Waals surface area contributed by atoms with Crippen molar-refractivity contribution in [1.29, 1.82) is 0 Å². The Hall–Kier alpha value is -3.53. The van der Waals surface area contributed by atoms with Crippen molar-refractivity contribution < 1.29 is 23.5 Å². The lowest BCUT2D eigenvalue weighted by Gasteiger charge is -2.28. The standard InChI is InChI=1S/C23H23ClFN5O4/c1-2-34-23(33)14-10-26-20-17(11-27-30(20)12-14)22(32)28-16-6-3-13(4-7-16)21(31)29-19-8-5-15(25)9-18(19)24/h5,8-13,16H,2-4,6-7H2,1H3,(H,28,32)(H,29,31)/t13-,16-. The third kappa shape index (κ3) is 5.17. The lowest BCUT2D eigenvalue weighted by molar-refractivity contribution is -0.120. The molecule has 0 bridgehead atoms. The Morgan fingerprint density at radius 3 is 2.68 bits per heavy atom. The molecule has 2 heterocycles. The number of aromatic nitrogens is 3. The van der Waals surface area contributed by atoms with Gasteiger partial charge >= 0.3 is 5.97 Å². The van der Waals surface area contributed by atoms with Gasteiger partial charge in [-0.05, 0) is 50.8 Å². The molecule has 2 amide bonds. The first-order chi connectivity index (χ1) is 16.4. The summed E-state index contributed by atoms with van der Waals surface area (Å²) in [5, 5.41) is 9.99. The van der Waals surface area contributed by atoms with Crippen LogP contribution in [-0.4, -0.2) is 45.0 Å². The smallest absolute Gasteiger partial charge is 0.341 e. The molecular weight excluding hydrogens is 465 g/mol. The van der Waals surface area contributed by atoms with Crippen molar-refractivity contribution in [3.8, 4) is 0 Å². The highest BCUT2D eigenvalue weighted by Gasteiger charge is 2.28. The molecule has 2 aromatic heterocycles. The van der Waals surface area contributed by atoms with Gasteiger partial charge in [-0.1, -0.05) is 11.6 Å². The minimum atomic E-state index is -0.513. The summed E-state index contributed by atoms with van der Waals surface area (Å²) in [4.78, 5) is 41.5. The first-order valence-corrected chi connectivity index (χ1v) is 11.3. The van der Waals surface area contributed by atoms with Crippen LogP contribution < -0.4 is 10.6 Å². The Balaban J connectivity index is 1.33. The average Bonchev–Trinajstić information content (AvgIpc) is 3.25. The Kier molecular flexibility index (Phi) is 7.06. The molecule has 1 aliphatic rings. The first-order valence-electron chi connectivity index (χ1n) is 10.9. The van der Waals surface area contributed by atoms with E-state index in [0.717, 1.165) is 6.07 Å². The summed E-state index contributed by atoms with van der Waals surface area (Å²) in [6.45, 7) is 1.95. The number of nitrogens with one attached hydrogen (secondary N) is 2. The number of nitrogens with zero attached hydrogens (tertiary/aromatic N) is 3. The van der Waals surface area contributed by atoms with Gasteiger partial charge in [-0.2, -0.15) is 5.10 Å². The molecule has 0 saturated heterocycles. The van der Waals surface area contributed by atoms with Crippen LogP contribution in [-0.2, 0) is 9.53 Å². The average molecular weight is 488 g/mol. The molecular formula is C23H23ClFN5O4. The van der Waals surface area contributed by atoms with E-state index in [-0.39, 0.29) is 41.0 Å². The Morgan fingerprint density at radius 1 is 1.21 bits per heavy atom. The van der Waals surface area contributed by atoms with E-state index in [0.29, 0.717) is 42.6 Å². The molecule has 11 heteroatoms. The number of amides is 2. The highest BCUT2D eigenvalue weighted by Crippen LogP contribution is 2.28. The van der Waals surface area contributed by atoms with Crippen LogP contribution in [0.2, 0.25) is 5.02 Å². The van der Waals surface area contributed by atoms with Gasteiger partial charge in [0, 0.05) is 24.4 Å². The normalized spacial score (nSPS) is 17.9. The molecule has 178 valence electrons. The van der Waals surface area contributed by atoms with E-state index in [2.05, 4.69) is 20.7 Å². The van der Waals surface area contributed by atoms with Gasteiger partial charge in [0.15, 0.2) is 5.65 Å². The zero-order valence-electron chi connectivity index (χ0n) is 18.4. The van der Waals surface area contributed by atoms with Crippen molar-refractivity contribution in [1.82, 2.24) is 19.9 Å². The van der Waals surface area contributed by atoms with Crippen LogP contribution in [0.15, 0.2) is 36.8 Å². The summed E-state index contributed by atoms with van der Waals surface area (Å²) in [5.41, 5.74) is 1.23. The zero-order valence-corrected chi connectivity index (χ0v) is 19.1. The van der Waals surface area contributed by atoms with Gasteiger partial charge in [-0.15, -0.1) is 0 Å². The van der Waals surface area contributed by atoms with Crippen LogP contribution in [0.1, 0.15) is 53.3 Å². The van der Waals surface area contributed by atoms with Crippen LogP contribution in [0.4, 0.5) is 10.1 Å². The molecule has 0 aliphatic heterocycles. The van der Waals surface area contributed by atoms with Crippen molar-refractivity contribution in [3.05, 3.63) is 58.8 Å². The number of esters is 1. The number of hydrogen-bond acceptors (Lipinski definition) is 6. The van der Waals surface area contributed by atoms with E-state index in [9.17, 15) is 18.8 Å². The van der Waals surface area contributed by atoms with E-state index in [1.165, 1.54) is 35.2 Å².